The number of anilines is 1. The number of nitrogens with one attached hydrogen (secondary N) is 2. The second-order valence-electron chi connectivity index (χ2n) is 5.72. The zero-order valence-corrected chi connectivity index (χ0v) is 15.5. The zero-order chi connectivity index (χ0) is 17.8. The minimum Gasteiger partial charge on any atom is -0.493 e. The van der Waals surface area contributed by atoms with Crippen molar-refractivity contribution in [3.05, 3.63) is 18.2 Å². The molecular formula is C18H31N3O3. The highest BCUT2D eigenvalue weighted by atomic mass is 16.5. The number of rotatable bonds is 10. The van der Waals surface area contributed by atoms with Crippen LogP contribution in [0.15, 0.2) is 23.2 Å². The third-order valence-corrected chi connectivity index (χ3v) is 3.33. The van der Waals surface area contributed by atoms with E-state index < -0.39 is 0 Å². The number of hydrogen-bond acceptors (Lipinski definition) is 4. The molecule has 2 N–H and O–H groups in total. The standard InChI is InChI=1S/C18H31N3O3/c1-6-24-16-8-7-15(13-17(16)22-5)21-18(19-4)20-10-12-23-11-9-14(2)3/h7-8,13-14H,6,9-12H2,1-5H3,(H2,19,20,21). The van der Waals surface area contributed by atoms with Gasteiger partial charge in [0.05, 0.1) is 20.3 Å². The van der Waals surface area contributed by atoms with Gasteiger partial charge in [-0.05, 0) is 31.4 Å². The van der Waals surface area contributed by atoms with Crippen molar-refractivity contribution in [1.82, 2.24) is 5.32 Å². The second-order valence-corrected chi connectivity index (χ2v) is 5.72. The molecule has 1 rings (SSSR count). The third kappa shape index (κ3) is 7.55. The van der Waals surface area contributed by atoms with Crippen molar-refractivity contribution in [3.8, 4) is 11.5 Å². The predicted molar refractivity (Wildman–Crippen MR) is 99.4 cm³/mol. The van der Waals surface area contributed by atoms with Gasteiger partial charge >= 0.3 is 0 Å². The van der Waals surface area contributed by atoms with Crippen LogP contribution in [0.1, 0.15) is 27.2 Å². The highest BCUT2D eigenvalue weighted by molar-refractivity contribution is 5.93. The van der Waals surface area contributed by atoms with Crippen LogP contribution in [0.5, 0.6) is 11.5 Å². The zero-order valence-electron chi connectivity index (χ0n) is 15.5. The molecule has 6 heteroatoms. The summed E-state index contributed by atoms with van der Waals surface area (Å²) < 4.78 is 16.5. The molecule has 0 spiro atoms. The van der Waals surface area contributed by atoms with Gasteiger partial charge in [0, 0.05) is 32.0 Å². The highest BCUT2D eigenvalue weighted by Crippen LogP contribution is 2.30. The van der Waals surface area contributed by atoms with Gasteiger partial charge in [-0.25, -0.2) is 0 Å². The summed E-state index contributed by atoms with van der Waals surface area (Å²) in [6.07, 6.45) is 1.08. The molecule has 0 aliphatic carbocycles. The molecule has 0 fully saturated rings. The average Bonchev–Trinajstić information content (AvgIpc) is 2.57. The van der Waals surface area contributed by atoms with Gasteiger partial charge in [-0.1, -0.05) is 13.8 Å². The molecule has 0 bridgehead atoms. The van der Waals surface area contributed by atoms with Crippen LogP contribution in [0.25, 0.3) is 0 Å². The molecule has 0 saturated heterocycles. The van der Waals surface area contributed by atoms with Crippen molar-refractivity contribution >= 4 is 11.6 Å². The first-order chi connectivity index (χ1) is 11.6. The quantitative estimate of drug-likeness (QED) is 0.390. The van der Waals surface area contributed by atoms with E-state index in [1.807, 2.05) is 25.1 Å². The lowest BCUT2D eigenvalue weighted by molar-refractivity contribution is 0.128. The lowest BCUT2D eigenvalue weighted by Gasteiger charge is -2.14. The van der Waals surface area contributed by atoms with Gasteiger partial charge in [-0.2, -0.15) is 0 Å². The minimum atomic E-state index is 0.600. The van der Waals surface area contributed by atoms with Crippen molar-refractivity contribution < 1.29 is 14.2 Å². The Bertz CT molecular complexity index is 504. The van der Waals surface area contributed by atoms with E-state index >= 15 is 0 Å². The molecule has 0 unspecified atom stereocenters. The number of ether oxygens (including phenoxy) is 3. The lowest BCUT2D eigenvalue weighted by Crippen LogP contribution is -2.33. The number of nitrogens with zero attached hydrogens (tertiary/aromatic N) is 1. The third-order valence-electron chi connectivity index (χ3n) is 3.33. The molecule has 6 nitrogen and oxygen atoms in total. The maximum atomic E-state index is 5.59. The molecule has 1 aromatic carbocycles. The van der Waals surface area contributed by atoms with Crippen LogP contribution in [0, 0.1) is 5.92 Å². The highest BCUT2D eigenvalue weighted by Gasteiger charge is 2.06. The fourth-order valence-corrected chi connectivity index (χ4v) is 2.00. The van der Waals surface area contributed by atoms with Gasteiger partial charge in [0.25, 0.3) is 0 Å². The van der Waals surface area contributed by atoms with E-state index in [4.69, 9.17) is 14.2 Å². The summed E-state index contributed by atoms with van der Waals surface area (Å²) in [4.78, 5) is 4.21. The first-order valence-corrected chi connectivity index (χ1v) is 8.46. The molecule has 136 valence electrons. The molecule has 0 amide bonds. The summed E-state index contributed by atoms with van der Waals surface area (Å²) in [6, 6.07) is 5.70. The van der Waals surface area contributed by atoms with Crippen molar-refractivity contribution in [3.63, 3.8) is 0 Å². The Kier molecular flexibility index (Phi) is 9.68. The van der Waals surface area contributed by atoms with Gasteiger partial charge in [0.15, 0.2) is 17.5 Å². The second kappa shape index (κ2) is 11.6. The molecule has 1 aromatic rings. The maximum Gasteiger partial charge on any atom is 0.195 e. The maximum absolute atomic E-state index is 5.59. The van der Waals surface area contributed by atoms with Crippen molar-refractivity contribution in [2.45, 2.75) is 27.2 Å². The summed E-state index contributed by atoms with van der Waals surface area (Å²) in [5.74, 6) is 2.78. The Morgan fingerprint density at radius 3 is 2.62 bits per heavy atom. The van der Waals surface area contributed by atoms with Crippen molar-refractivity contribution in [2.24, 2.45) is 10.9 Å². The molecule has 0 saturated carbocycles. The fraction of sp³-hybridized carbons (Fsp3) is 0.611. The van der Waals surface area contributed by atoms with Gasteiger partial charge in [-0.3, -0.25) is 4.99 Å². The number of hydrogen-bond donors (Lipinski definition) is 2. The number of guanidine groups is 1. The van der Waals surface area contributed by atoms with Gasteiger partial charge in [0.2, 0.25) is 0 Å². The molecule has 0 aliphatic rings. The van der Waals surface area contributed by atoms with Gasteiger partial charge in [0.1, 0.15) is 0 Å². The van der Waals surface area contributed by atoms with Crippen LogP contribution in [0.2, 0.25) is 0 Å². The number of aliphatic imine (C=N–C) groups is 1. The minimum absolute atomic E-state index is 0.600. The predicted octanol–water partition coefficient (Wildman–Crippen LogP) is 3.14. The topological polar surface area (TPSA) is 64.1 Å². The van der Waals surface area contributed by atoms with Crippen molar-refractivity contribution in [1.29, 1.82) is 0 Å². The van der Waals surface area contributed by atoms with Crippen LogP contribution >= 0.6 is 0 Å². The van der Waals surface area contributed by atoms with Gasteiger partial charge < -0.3 is 24.8 Å². The van der Waals surface area contributed by atoms with Crippen LogP contribution in [0.4, 0.5) is 5.69 Å². The average molecular weight is 337 g/mol. The summed E-state index contributed by atoms with van der Waals surface area (Å²) in [7, 11) is 3.37. The summed E-state index contributed by atoms with van der Waals surface area (Å²) in [6.45, 7) is 9.08. The first kappa shape index (κ1) is 20.1. The van der Waals surface area contributed by atoms with Crippen LogP contribution in [-0.4, -0.2) is 46.5 Å². The molecule has 0 heterocycles. The molecule has 0 radical (unpaired) electrons. The van der Waals surface area contributed by atoms with Crippen LogP contribution in [-0.2, 0) is 4.74 Å². The van der Waals surface area contributed by atoms with E-state index in [9.17, 15) is 0 Å². The Morgan fingerprint density at radius 1 is 1.21 bits per heavy atom. The summed E-state index contributed by atoms with van der Waals surface area (Å²) >= 11 is 0. The Hall–Kier alpha value is -1.95. The summed E-state index contributed by atoms with van der Waals surface area (Å²) in [5, 5.41) is 6.45. The van der Waals surface area contributed by atoms with E-state index in [1.54, 1.807) is 14.2 Å². The van der Waals surface area contributed by atoms with E-state index in [2.05, 4.69) is 29.5 Å². The molecule has 24 heavy (non-hydrogen) atoms. The van der Waals surface area contributed by atoms with E-state index in [0.717, 1.165) is 24.5 Å². The molecule has 0 aliphatic heterocycles. The SMILES string of the molecule is CCOc1ccc(NC(=NC)NCCOCCC(C)C)cc1OC. The molecule has 0 aromatic heterocycles. The Balaban J connectivity index is 2.45. The number of methoxy groups -OCH3 is 1. The first-order valence-electron chi connectivity index (χ1n) is 8.46. The van der Waals surface area contributed by atoms with Gasteiger partial charge in [-0.15, -0.1) is 0 Å². The fourth-order valence-electron chi connectivity index (χ4n) is 2.00. The Labute approximate surface area is 145 Å². The number of benzene rings is 1. The molecular weight excluding hydrogens is 306 g/mol. The summed E-state index contributed by atoms with van der Waals surface area (Å²) in [5.41, 5.74) is 0.879. The molecule has 0 atom stereocenters. The van der Waals surface area contributed by atoms with Crippen LogP contribution in [0.3, 0.4) is 0 Å². The largest absolute Gasteiger partial charge is 0.493 e. The van der Waals surface area contributed by atoms with E-state index in [0.29, 0.717) is 37.4 Å². The smallest absolute Gasteiger partial charge is 0.195 e. The normalized spacial score (nSPS) is 11.5. The Morgan fingerprint density at radius 2 is 2.00 bits per heavy atom. The van der Waals surface area contributed by atoms with Crippen LogP contribution < -0.4 is 20.1 Å². The lowest BCUT2D eigenvalue weighted by atomic mass is 10.1. The van der Waals surface area contributed by atoms with E-state index in [-0.39, 0.29) is 0 Å². The van der Waals surface area contributed by atoms with E-state index in [1.165, 1.54) is 0 Å². The monoisotopic (exact) mass is 337 g/mol. The van der Waals surface area contributed by atoms with Crippen molar-refractivity contribution in [2.75, 3.05) is 45.8 Å².